The first-order chi connectivity index (χ1) is 13.8. The third kappa shape index (κ3) is 3.68. The summed E-state index contributed by atoms with van der Waals surface area (Å²) in [5.41, 5.74) is 7.33. The molecule has 3 aromatic heterocycles. The van der Waals surface area contributed by atoms with E-state index in [-0.39, 0.29) is 11.3 Å². The van der Waals surface area contributed by atoms with Crippen LogP contribution in [0, 0.1) is 6.92 Å². The highest BCUT2D eigenvalue weighted by atomic mass is 32.1. The van der Waals surface area contributed by atoms with Crippen molar-refractivity contribution in [3.05, 3.63) is 55.3 Å². The van der Waals surface area contributed by atoms with Crippen molar-refractivity contribution in [2.24, 2.45) is 12.8 Å². The number of H-pyrrole nitrogens is 1. The largest absolute Gasteiger partial charge is 0.368 e. The average molecular weight is 414 g/mol. The number of carbonyl (C=O) groups excluding carboxylic acids is 1. The average Bonchev–Trinajstić information content (AvgIpc) is 3.09. The van der Waals surface area contributed by atoms with Gasteiger partial charge in [0.15, 0.2) is 0 Å². The molecule has 29 heavy (non-hydrogen) atoms. The van der Waals surface area contributed by atoms with Crippen molar-refractivity contribution in [1.82, 2.24) is 19.4 Å². The zero-order valence-corrected chi connectivity index (χ0v) is 17.1. The molecular formula is C19H22N6O3S. The van der Waals surface area contributed by atoms with Gasteiger partial charge in [-0.15, -0.1) is 11.3 Å². The maximum absolute atomic E-state index is 12.3. The molecular weight excluding hydrogens is 392 g/mol. The summed E-state index contributed by atoms with van der Waals surface area (Å²) in [6, 6.07) is 5.46. The van der Waals surface area contributed by atoms with E-state index in [0.29, 0.717) is 10.2 Å². The highest BCUT2D eigenvalue weighted by Gasteiger charge is 2.20. The van der Waals surface area contributed by atoms with Gasteiger partial charge in [-0.05, 0) is 25.1 Å². The molecule has 3 N–H and O–H groups in total. The number of nitrogens with two attached hydrogens (primary N) is 1. The Hall–Kier alpha value is -2.98. The van der Waals surface area contributed by atoms with E-state index in [2.05, 4.69) is 19.8 Å². The van der Waals surface area contributed by atoms with Gasteiger partial charge in [0, 0.05) is 44.6 Å². The number of rotatable bonds is 4. The summed E-state index contributed by atoms with van der Waals surface area (Å²) in [5, 5.41) is 0. The number of amides is 1. The second-order valence-corrected chi connectivity index (χ2v) is 8.32. The first-order valence-corrected chi connectivity index (χ1v) is 10.1. The molecule has 0 radical (unpaired) electrons. The van der Waals surface area contributed by atoms with Crippen LogP contribution < -0.4 is 21.9 Å². The number of carbonyl (C=O) groups is 1. The van der Waals surface area contributed by atoms with Crippen molar-refractivity contribution >= 4 is 33.1 Å². The predicted molar refractivity (Wildman–Crippen MR) is 113 cm³/mol. The van der Waals surface area contributed by atoms with E-state index in [1.165, 1.54) is 18.4 Å². The number of primary amides is 1. The quantitative estimate of drug-likeness (QED) is 0.639. The summed E-state index contributed by atoms with van der Waals surface area (Å²) >= 11 is 1.43. The van der Waals surface area contributed by atoms with Crippen LogP contribution in [0.4, 0.5) is 5.69 Å². The molecule has 0 spiro atoms. The molecule has 0 aromatic carbocycles. The minimum Gasteiger partial charge on any atom is -0.368 e. The molecule has 9 nitrogen and oxygen atoms in total. The first-order valence-electron chi connectivity index (χ1n) is 9.30. The third-order valence-electron chi connectivity index (χ3n) is 5.23. The van der Waals surface area contributed by atoms with Gasteiger partial charge >= 0.3 is 5.69 Å². The van der Waals surface area contributed by atoms with Crippen LogP contribution in [0.5, 0.6) is 0 Å². The molecule has 0 aliphatic carbocycles. The van der Waals surface area contributed by atoms with E-state index in [1.807, 2.05) is 19.1 Å². The molecule has 1 aliphatic heterocycles. The standard InChI is InChI=1S/C19H22N6O3S/c1-11-15(4-3-13(21-11)17(20)26)25-7-5-24(6-8-25)10-12-9-14-16(29-12)18(27)23(2)19(28)22-14/h3-4,9H,5-8,10H2,1-2H3,(H2,20,26)(H,22,28). The molecule has 0 atom stereocenters. The van der Waals surface area contributed by atoms with Crippen LogP contribution in [-0.4, -0.2) is 51.5 Å². The lowest BCUT2D eigenvalue weighted by atomic mass is 10.2. The van der Waals surface area contributed by atoms with Gasteiger partial charge in [-0.25, -0.2) is 9.78 Å². The number of hydrogen-bond donors (Lipinski definition) is 2. The zero-order chi connectivity index (χ0) is 20.7. The van der Waals surface area contributed by atoms with E-state index < -0.39 is 11.6 Å². The summed E-state index contributed by atoms with van der Waals surface area (Å²) in [6.07, 6.45) is 0. The molecule has 1 aliphatic rings. The Labute approximate surface area is 170 Å². The fourth-order valence-electron chi connectivity index (χ4n) is 3.61. The van der Waals surface area contributed by atoms with Crippen molar-refractivity contribution in [3.8, 4) is 0 Å². The molecule has 1 amide bonds. The molecule has 4 heterocycles. The normalized spacial score (nSPS) is 15.2. The molecule has 1 fully saturated rings. The van der Waals surface area contributed by atoms with Gasteiger partial charge in [-0.2, -0.15) is 0 Å². The summed E-state index contributed by atoms with van der Waals surface area (Å²) < 4.78 is 1.68. The number of anilines is 1. The minimum atomic E-state index is -0.524. The second kappa shape index (κ2) is 7.45. The van der Waals surface area contributed by atoms with Gasteiger partial charge in [0.1, 0.15) is 10.4 Å². The number of aromatic amines is 1. The van der Waals surface area contributed by atoms with Crippen LogP contribution in [-0.2, 0) is 13.6 Å². The van der Waals surface area contributed by atoms with Gasteiger partial charge in [0.05, 0.1) is 16.9 Å². The number of fused-ring (bicyclic) bond motifs is 1. The zero-order valence-electron chi connectivity index (χ0n) is 16.3. The van der Waals surface area contributed by atoms with E-state index in [4.69, 9.17) is 5.73 Å². The third-order valence-corrected chi connectivity index (χ3v) is 6.34. The van der Waals surface area contributed by atoms with Crippen LogP contribution in [0.2, 0.25) is 0 Å². The lowest BCUT2D eigenvalue weighted by Gasteiger charge is -2.36. The Bertz CT molecular complexity index is 1200. The number of pyridine rings is 1. The van der Waals surface area contributed by atoms with Crippen molar-refractivity contribution in [3.63, 3.8) is 0 Å². The minimum absolute atomic E-state index is 0.257. The molecule has 4 rings (SSSR count). The maximum Gasteiger partial charge on any atom is 0.328 e. The molecule has 0 bridgehead atoms. The van der Waals surface area contributed by atoms with Gasteiger partial charge in [-0.3, -0.25) is 19.1 Å². The van der Waals surface area contributed by atoms with Crippen molar-refractivity contribution in [2.45, 2.75) is 13.5 Å². The highest BCUT2D eigenvalue weighted by Crippen LogP contribution is 2.24. The van der Waals surface area contributed by atoms with Crippen molar-refractivity contribution < 1.29 is 4.79 Å². The Morgan fingerprint density at radius 3 is 2.62 bits per heavy atom. The topological polar surface area (TPSA) is 117 Å². The van der Waals surface area contributed by atoms with E-state index >= 15 is 0 Å². The Morgan fingerprint density at radius 2 is 1.97 bits per heavy atom. The Morgan fingerprint density at radius 1 is 1.24 bits per heavy atom. The first kappa shape index (κ1) is 19.3. The summed E-state index contributed by atoms with van der Waals surface area (Å²) in [5.74, 6) is -0.524. The van der Waals surface area contributed by atoms with E-state index in [1.54, 1.807) is 6.07 Å². The lowest BCUT2D eigenvalue weighted by molar-refractivity contribution is 0.0995. The Kier molecular flexibility index (Phi) is 4.97. The summed E-state index contributed by atoms with van der Waals surface area (Å²) in [6.45, 7) is 6.01. The fourth-order valence-corrected chi connectivity index (χ4v) is 4.74. The summed E-state index contributed by atoms with van der Waals surface area (Å²) in [4.78, 5) is 48.0. The highest BCUT2D eigenvalue weighted by molar-refractivity contribution is 7.18. The predicted octanol–water partition coefficient (Wildman–Crippen LogP) is 0.413. The van der Waals surface area contributed by atoms with Gasteiger partial charge < -0.3 is 15.6 Å². The number of hydrogen-bond acceptors (Lipinski definition) is 7. The second-order valence-electron chi connectivity index (χ2n) is 7.18. The van der Waals surface area contributed by atoms with Gasteiger partial charge in [0.2, 0.25) is 0 Å². The fraction of sp³-hybridized carbons (Fsp3) is 0.368. The monoisotopic (exact) mass is 414 g/mol. The molecule has 10 heteroatoms. The number of thiophene rings is 1. The number of aryl methyl sites for hydroxylation is 1. The van der Waals surface area contributed by atoms with Crippen LogP contribution >= 0.6 is 11.3 Å². The van der Waals surface area contributed by atoms with E-state index in [0.717, 1.165) is 53.5 Å². The van der Waals surface area contributed by atoms with Gasteiger partial charge in [0.25, 0.3) is 11.5 Å². The Balaban J connectivity index is 1.45. The number of aromatic nitrogens is 3. The molecule has 0 saturated carbocycles. The van der Waals surface area contributed by atoms with Crippen molar-refractivity contribution in [1.29, 1.82) is 0 Å². The van der Waals surface area contributed by atoms with Crippen LogP contribution in [0.3, 0.4) is 0 Å². The maximum atomic E-state index is 12.3. The molecule has 152 valence electrons. The SMILES string of the molecule is Cc1nc(C(N)=O)ccc1N1CCN(Cc2cc3[nH]c(=O)n(C)c(=O)c3s2)CC1. The van der Waals surface area contributed by atoms with Crippen molar-refractivity contribution in [2.75, 3.05) is 31.1 Å². The smallest absolute Gasteiger partial charge is 0.328 e. The summed E-state index contributed by atoms with van der Waals surface area (Å²) in [7, 11) is 1.48. The van der Waals surface area contributed by atoms with Crippen LogP contribution in [0.25, 0.3) is 10.2 Å². The van der Waals surface area contributed by atoms with Crippen LogP contribution in [0.15, 0.2) is 27.8 Å². The van der Waals surface area contributed by atoms with Gasteiger partial charge in [-0.1, -0.05) is 0 Å². The molecule has 1 saturated heterocycles. The number of nitrogens with one attached hydrogen (secondary N) is 1. The lowest BCUT2D eigenvalue weighted by Crippen LogP contribution is -2.46. The number of nitrogens with zero attached hydrogens (tertiary/aromatic N) is 4. The van der Waals surface area contributed by atoms with Crippen LogP contribution in [0.1, 0.15) is 21.1 Å². The molecule has 0 unspecified atom stereocenters. The molecule has 3 aromatic rings. The number of piperazine rings is 1. The van der Waals surface area contributed by atoms with E-state index in [9.17, 15) is 14.4 Å².